The molecule has 0 radical (unpaired) electrons. The fourth-order valence-electron chi connectivity index (χ4n) is 2.91. The zero-order valence-corrected chi connectivity index (χ0v) is 14.8. The van der Waals surface area contributed by atoms with Gasteiger partial charge in [0.2, 0.25) is 0 Å². The molecule has 4 nitrogen and oxygen atoms in total. The van der Waals surface area contributed by atoms with Crippen LogP contribution in [0, 0.1) is 0 Å². The molecule has 0 saturated heterocycles. The Labute approximate surface area is 144 Å². The summed E-state index contributed by atoms with van der Waals surface area (Å²) in [6.45, 7) is 4.17. The Kier molecular flexibility index (Phi) is 6.64. The lowest BCUT2D eigenvalue weighted by Gasteiger charge is -2.24. The molecule has 0 heterocycles. The molecule has 3 atom stereocenters. The van der Waals surface area contributed by atoms with Crippen molar-refractivity contribution in [2.45, 2.75) is 38.5 Å². The Morgan fingerprint density at radius 1 is 1.00 bits per heavy atom. The molecule has 0 fully saturated rings. The van der Waals surface area contributed by atoms with Gasteiger partial charge in [0.05, 0.1) is 20.3 Å². The lowest BCUT2D eigenvalue weighted by molar-refractivity contribution is 0.152. The van der Waals surface area contributed by atoms with Gasteiger partial charge in [-0.25, -0.2) is 0 Å². The first-order valence-corrected chi connectivity index (χ1v) is 8.26. The van der Waals surface area contributed by atoms with Crippen molar-refractivity contribution >= 4 is 0 Å². The molecule has 24 heavy (non-hydrogen) atoms. The summed E-state index contributed by atoms with van der Waals surface area (Å²) in [5.41, 5.74) is 2.01. The second kappa shape index (κ2) is 8.71. The minimum absolute atomic E-state index is 0.101. The monoisotopic (exact) mass is 329 g/mol. The molecule has 2 aromatic carbocycles. The number of nitrogens with one attached hydrogen (secondary N) is 1. The maximum Gasteiger partial charge on any atom is 0.127 e. The molecule has 4 heteroatoms. The van der Waals surface area contributed by atoms with Crippen molar-refractivity contribution < 1.29 is 14.6 Å². The second-order valence-corrected chi connectivity index (χ2v) is 6.06. The summed E-state index contributed by atoms with van der Waals surface area (Å²) < 4.78 is 10.7. The number of aliphatic hydroxyl groups is 1. The van der Waals surface area contributed by atoms with Crippen LogP contribution < -0.4 is 14.8 Å². The quantitative estimate of drug-likeness (QED) is 0.772. The molecule has 2 N–H and O–H groups in total. The van der Waals surface area contributed by atoms with E-state index in [9.17, 15) is 5.11 Å². The van der Waals surface area contributed by atoms with Gasteiger partial charge in [-0.15, -0.1) is 0 Å². The van der Waals surface area contributed by atoms with Crippen LogP contribution in [0.3, 0.4) is 0 Å². The topological polar surface area (TPSA) is 50.7 Å². The summed E-state index contributed by atoms with van der Waals surface area (Å²) in [5, 5.41) is 13.9. The fourth-order valence-corrected chi connectivity index (χ4v) is 2.91. The average Bonchev–Trinajstić information content (AvgIpc) is 2.61. The predicted molar refractivity (Wildman–Crippen MR) is 96.6 cm³/mol. The fraction of sp³-hybridized carbons (Fsp3) is 0.400. The van der Waals surface area contributed by atoms with Crippen LogP contribution in [0.4, 0.5) is 0 Å². The average molecular weight is 329 g/mol. The van der Waals surface area contributed by atoms with Crippen molar-refractivity contribution in [1.82, 2.24) is 5.32 Å². The van der Waals surface area contributed by atoms with E-state index in [1.54, 1.807) is 14.2 Å². The van der Waals surface area contributed by atoms with Crippen molar-refractivity contribution in [3.05, 3.63) is 59.7 Å². The Hall–Kier alpha value is -2.04. The van der Waals surface area contributed by atoms with Crippen molar-refractivity contribution in [3.8, 4) is 11.5 Å². The summed E-state index contributed by atoms with van der Waals surface area (Å²) >= 11 is 0. The van der Waals surface area contributed by atoms with E-state index < -0.39 is 6.10 Å². The summed E-state index contributed by atoms with van der Waals surface area (Å²) in [6, 6.07) is 15.8. The highest BCUT2D eigenvalue weighted by Gasteiger charge is 2.17. The molecule has 3 unspecified atom stereocenters. The zero-order valence-electron chi connectivity index (χ0n) is 14.8. The largest absolute Gasteiger partial charge is 0.497 e. The van der Waals surface area contributed by atoms with E-state index >= 15 is 0 Å². The molecule has 0 spiro atoms. The van der Waals surface area contributed by atoms with Gasteiger partial charge in [0.1, 0.15) is 11.5 Å². The number of hydrogen-bond acceptors (Lipinski definition) is 4. The predicted octanol–water partition coefficient (Wildman–Crippen LogP) is 3.87. The number of benzene rings is 2. The van der Waals surface area contributed by atoms with Crippen molar-refractivity contribution in [3.63, 3.8) is 0 Å². The third-order valence-electron chi connectivity index (χ3n) is 4.20. The molecule has 0 aliphatic heterocycles. The van der Waals surface area contributed by atoms with Crippen LogP contribution >= 0.6 is 0 Å². The number of hydrogen-bond donors (Lipinski definition) is 2. The van der Waals surface area contributed by atoms with Crippen LogP contribution in [-0.2, 0) is 0 Å². The number of rotatable bonds is 8. The van der Waals surface area contributed by atoms with E-state index in [4.69, 9.17) is 9.47 Å². The molecule has 2 rings (SSSR count). The van der Waals surface area contributed by atoms with Crippen LogP contribution in [0.25, 0.3) is 0 Å². The molecule has 0 aromatic heterocycles. The van der Waals surface area contributed by atoms with Crippen molar-refractivity contribution in [2.75, 3.05) is 14.2 Å². The lowest BCUT2D eigenvalue weighted by Crippen LogP contribution is -2.30. The third kappa shape index (κ3) is 4.73. The summed E-state index contributed by atoms with van der Waals surface area (Å²) in [4.78, 5) is 0. The van der Waals surface area contributed by atoms with Gasteiger partial charge in [-0.1, -0.05) is 36.4 Å². The first kappa shape index (κ1) is 18.3. The van der Waals surface area contributed by atoms with Gasteiger partial charge >= 0.3 is 0 Å². The number of methoxy groups -OCH3 is 2. The van der Waals surface area contributed by atoms with Crippen LogP contribution in [0.1, 0.15) is 43.5 Å². The van der Waals surface area contributed by atoms with E-state index in [1.165, 1.54) is 0 Å². The van der Waals surface area contributed by atoms with E-state index in [1.807, 2.05) is 48.5 Å². The summed E-state index contributed by atoms with van der Waals surface area (Å²) in [5.74, 6) is 1.57. The number of ether oxygens (including phenoxy) is 2. The Morgan fingerprint density at radius 3 is 2.33 bits per heavy atom. The van der Waals surface area contributed by atoms with Gasteiger partial charge in [0, 0.05) is 23.7 Å². The molecule has 0 saturated carbocycles. The van der Waals surface area contributed by atoms with E-state index in [0.29, 0.717) is 6.42 Å². The molecular formula is C20H27NO3. The Bertz CT molecular complexity index is 630. The second-order valence-electron chi connectivity index (χ2n) is 6.06. The van der Waals surface area contributed by atoms with Gasteiger partial charge in [-0.3, -0.25) is 0 Å². The highest BCUT2D eigenvalue weighted by atomic mass is 16.5. The van der Waals surface area contributed by atoms with Crippen LogP contribution in [0.2, 0.25) is 0 Å². The molecule has 0 aliphatic rings. The third-order valence-corrected chi connectivity index (χ3v) is 4.20. The molecule has 0 bridgehead atoms. The molecule has 0 amide bonds. The van der Waals surface area contributed by atoms with Gasteiger partial charge in [0.15, 0.2) is 0 Å². The maximum absolute atomic E-state index is 10.4. The van der Waals surface area contributed by atoms with E-state index in [0.717, 1.165) is 22.6 Å². The van der Waals surface area contributed by atoms with Gasteiger partial charge in [-0.05, 0) is 31.9 Å². The minimum Gasteiger partial charge on any atom is -0.497 e. The molecule has 130 valence electrons. The van der Waals surface area contributed by atoms with Crippen LogP contribution in [0.5, 0.6) is 11.5 Å². The van der Waals surface area contributed by atoms with E-state index in [-0.39, 0.29) is 12.1 Å². The standard InChI is InChI=1S/C20H27NO3/c1-14(12-19(22)16-8-6-5-7-9-16)21-15(2)18-11-10-17(23-3)13-20(18)24-4/h5-11,13-15,19,21-22H,12H2,1-4H3. The normalized spacial score (nSPS) is 14.7. The van der Waals surface area contributed by atoms with Gasteiger partial charge in [-0.2, -0.15) is 0 Å². The maximum atomic E-state index is 10.4. The summed E-state index contributed by atoms with van der Waals surface area (Å²) in [7, 11) is 3.30. The molecule has 0 aliphatic carbocycles. The number of aliphatic hydroxyl groups excluding tert-OH is 1. The molecule has 2 aromatic rings. The highest BCUT2D eigenvalue weighted by molar-refractivity contribution is 5.42. The minimum atomic E-state index is -0.473. The first-order valence-electron chi connectivity index (χ1n) is 8.26. The smallest absolute Gasteiger partial charge is 0.127 e. The highest BCUT2D eigenvalue weighted by Crippen LogP contribution is 2.30. The van der Waals surface area contributed by atoms with Gasteiger partial charge in [0.25, 0.3) is 0 Å². The lowest BCUT2D eigenvalue weighted by atomic mass is 10.0. The zero-order chi connectivity index (χ0) is 17.5. The van der Waals surface area contributed by atoms with Crippen LogP contribution in [-0.4, -0.2) is 25.4 Å². The Morgan fingerprint density at radius 2 is 1.71 bits per heavy atom. The first-order chi connectivity index (χ1) is 11.5. The summed E-state index contributed by atoms with van der Waals surface area (Å²) in [6.07, 6.45) is 0.172. The van der Waals surface area contributed by atoms with E-state index in [2.05, 4.69) is 19.2 Å². The SMILES string of the molecule is COc1ccc(C(C)NC(C)CC(O)c2ccccc2)c(OC)c1. The van der Waals surface area contributed by atoms with Crippen molar-refractivity contribution in [1.29, 1.82) is 0 Å². The van der Waals surface area contributed by atoms with Gasteiger partial charge < -0.3 is 19.9 Å². The Balaban J connectivity index is 2.00. The molecular weight excluding hydrogens is 302 g/mol. The van der Waals surface area contributed by atoms with Crippen LogP contribution in [0.15, 0.2) is 48.5 Å². The van der Waals surface area contributed by atoms with Crippen molar-refractivity contribution in [2.24, 2.45) is 0 Å².